The van der Waals surface area contributed by atoms with Gasteiger partial charge >= 0.3 is 0 Å². The maximum Gasteiger partial charge on any atom is 0.178 e. The molecule has 1 N–H and O–H groups in total. The topological polar surface area (TPSA) is 44.5 Å². The van der Waals surface area contributed by atoms with E-state index in [1.165, 1.54) is 17.3 Å². The van der Waals surface area contributed by atoms with Crippen LogP contribution in [0.2, 0.25) is 0 Å². The molecule has 0 aliphatic carbocycles. The summed E-state index contributed by atoms with van der Waals surface area (Å²) in [5.74, 6) is 3.64. The van der Waals surface area contributed by atoms with Crippen LogP contribution in [-0.2, 0) is 6.54 Å². The summed E-state index contributed by atoms with van der Waals surface area (Å²) < 4.78 is 2.85. The fourth-order valence-electron chi connectivity index (χ4n) is 2.30. The van der Waals surface area contributed by atoms with Gasteiger partial charge in [0.25, 0.3) is 0 Å². The number of hydrogen-bond donors (Lipinski definition) is 1. The van der Waals surface area contributed by atoms with E-state index in [2.05, 4.69) is 15.6 Å². The lowest BCUT2D eigenvalue weighted by Gasteiger charge is -2.21. The lowest BCUT2D eigenvalue weighted by molar-refractivity contribution is 0.705. The first-order valence-electron chi connectivity index (χ1n) is 6.10. The Bertz CT molecular complexity index is 689. The lowest BCUT2D eigenvalue weighted by atomic mass is 10.2. The van der Waals surface area contributed by atoms with Crippen LogP contribution in [0.25, 0.3) is 11.0 Å². The van der Waals surface area contributed by atoms with E-state index in [-0.39, 0.29) is 0 Å². The van der Waals surface area contributed by atoms with Crippen LogP contribution >= 0.6 is 35.7 Å². The zero-order valence-corrected chi connectivity index (χ0v) is 12.7. The molecule has 0 spiro atoms. The van der Waals surface area contributed by atoms with E-state index in [9.17, 15) is 0 Å². The van der Waals surface area contributed by atoms with Crippen LogP contribution in [0.1, 0.15) is 5.56 Å². The maximum atomic E-state index is 9.14. The second-order valence-electron chi connectivity index (χ2n) is 4.42. The smallest absolute Gasteiger partial charge is 0.178 e. The van der Waals surface area contributed by atoms with Gasteiger partial charge in [0.15, 0.2) is 4.77 Å². The number of aromatic amines is 1. The Balaban J connectivity index is 2.01. The highest BCUT2D eigenvalue weighted by atomic mass is 32.2. The van der Waals surface area contributed by atoms with E-state index in [1.807, 2.05) is 41.7 Å². The molecule has 0 amide bonds. The monoisotopic (exact) mass is 307 g/mol. The van der Waals surface area contributed by atoms with Gasteiger partial charge in [0.1, 0.15) is 6.07 Å². The molecule has 2 aromatic rings. The minimum atomic E-state index is 0.607. The fraction of sp³-hybridized carbons (Fsp3) is 0.385. The highest BCUT2D eigenvalue weighted by Crippen LogP contribution is 2.27. The van der Waals surface area contributed by atoms with Gasteiger partial charge in [-0.25, -0.2) is 0 Å². The summed E-state index contributed by atoms with van der Waals surface area (Å²) in [6, 6.07) is 7.99. The number of aromatic nitrogens is 2. The molecule has 1 saturated heterocycles. The summed E-state index contributed by atoms with van der Waals surface area (Å²) in [6.45, 7) is 0.922. The SMILES string of the molecule is N#Cc1cccc2c1[nH]c(=S)n2CC1CSCCS1. The lowest BCUT2D eigenvalue weighted by Crippen LogP contribution is -2.20. The van der Waals surface area contributed by atoms with Crippen LogP contribution < -0.4 is 0 Å². The second-order valence-corrected chi connectivity index (χ2v) is 7.36. The number of nitriles is 1. The zero-order valence-electron chi connectivity index (χ0n) is 10.3. The third-order valence-corrected chi connectivity index (χ3v) is 6.35. The van der Waals surface area contributed by atoms with Crippen LogP contribution in [0.4, 0.5) is 0 Å². The number of hydrogen-bond acceptors (Lipinski definition) is 4. The van der Waals surface area contributed by atoms with Gasteiger partial charge in [-0.1, -0.05) is 6.07 Å². The van der Waals surface area contributed by atoms with E-state index < -0.39 is 0 Å². The van der Waals surface area contributed by atoms with Gasteiger partial charge in [0, 0.05) is 29.1 Å². The largest absolute Gasteiger partial charge is 0.329 e. The number of fused-ring (bicyclic) bond motifs is 1. The summed E-state index contributed by atoms with van der Waals surface area (Å²) in [5.41, 5.74) is 2.57. The van der Waals surface area contributed by atoms with Gasteiger partial charge in [-0.15, -0.1) is 0 Å². The van der Waals surface area contributed by atoms with Crippen LogP contribution in [0, 0.1) is 16.1 Å². The van der Waals surface area contributed by atoms with Crippen molar-refractivity contribution < 1.29 is 0 Å². The fourth-order valence-corrected chi connectivity index (χ4v) is 5.23. The molecule has 2 heterocycles. The predicted octanol–water partition coefficient (Wildman–Crippen LogP) is 3.42. The number of para-hydroxylation sites is 1. The summed E-state index contributed by atoms with van der Waals surface area (Å²) in [5, 5.41) is 9.74. The number of H-pyrrole nitrogens is 1. The van der Waals surface area contributed by atoms with Crippen molar-refractivity contribution in [3.8, 4) is 6.07 Å². The van der Waals surface area contributed by atoms with Crippen molar-refractivity contribution in [1.82, 2.24) is 9.55 Å². The highest BCUT2D eigenvalue weighted by Gasteiger charge is 2.17. The molecule has 1 aromatic heterocycles. The van der Waals surface area contributed by atoms with Gasteiger partial charge in [-0.3, -0.25) is 0 Å². The molecule has 19 heavy (non-hydrogen) atoms. The summed E-state index contributed by atoms with van der Waals surface area (Å²) in [4.78, 5) is 3.18. The quantitative estimate of drug-likeness (QED) is 0.864. The Morgan fingerprint density at radius 2 is 2.37 bits per heavy atom. The predicted molar refractivity (Wildman–Crippen MR) is 85.4 cm³/mol. The van der Waals surface area contributed by atoms with Crippen molar-refractivity contribution in [2.24, 2.45) is 0 Å². The molecule has 0 bridgehead atoms. The van der Waals surface area contributed by atoms with E-state index in [0.717, 1.165) is 17.6 Å². The summed E-state index contributed by atoms with van der Waals surface area (Å²) in [6.07, 6.45) is 0. The second kappa shape index (κ2) is 5.61. The molecule has 0 saturated carbocycles. The van der Waals surface area contributed by atoms with E-state index in [4.69, 9.17) is 17.5 Å². The highest BCUT2D eigenvalue weighted by molar-refractivity contribution is 8.06. The normalized spacial score (nSPS) is 19.4. The molecule has 1 aromatic carbocycles. The molecule has 1 unspecified atom stereocenters. The first-order chi connectivity index (χ1) is 9.29. The third kappa shape index (κ3) is 2.55. The first-order valence-corrected chi connectivity index (χ1v) is 8.72. The molecular weight excluding hydrogens is 294 g/mol. The third-order valence-electron chi connectivity index (χ3n) is 3.20. The van der Waals surface area contributed by atoms with Gasteiger partial charge in [0.2, 0.25) is 0 Å². The van der Waals surface area contributed by atoms with Gasteiger partial charge in [0.05, 0.1) is 16.6 Å². The molecule has 3 nitrogen and oxygen atoms in total. The van der Waals surface area contributed by atoms with Gasteiger partial charge < -0.3 is 9.55 Å². The van der Waals surface area contributed by atoms with Crippen molar-refractivity contribution in [2.75, 3.05) is 17.3 Å². The number of benzene rings is 1. The number of nitrogens with one attached hydrogen (secondary N) is 1. The molecule has 6 heteroatoms. The number of nitrogens with zero attached hydrogens (tertiary/aromatic N) is 2. The molecule has 1 atom stereocenters. The van der Waals surface area contributed by atoms with Crippen molar-refractivity contribution in [2.45, 2.75) is 11.8 Å². The van der Waals surface area contributed by atoms with Crippen molar-refractivity contribution in [3.63, 3.8) is 0 Å². The standard InChI is InChI=1S/C13H13N3S3/c14-6-9-2-1-3-11-12(9)15-13(17)16(11)7-10-8-18-4-5-19-10/h1-3,10H,4-5,7-8H2,(H,15,17). The summed E-state index contributed by atoms with van der Waals surface area (Å²) >= 11 is 9.45. The van der Waals surface area contributed by atoms with Crippen LogP contribution in [0.3, 0.4) is 0 Å². The molecule has 1 aliphatic heterocycles. The molecule has 0 radical (unpaired) electrons. The number of rotatable bonds is 2. The molecule has 1 aliphatic rings. The van der Waals surface area contributed by atoms with E-state index in [1.54, 1.807) is 0 Å². The molecule has 98 valence electrons. The average Bonchev–Trinajstić information content (AvgIpc) is 2.76. The molecule has 3 rings (SSSR count). The number of thioether (sulfide) groups is 2. The molecule has 1 fully saturated rings. The Morgan fingerprint density at radius 3 is 3.11 bits per heavy atom. The van der Waals surface area contributed by atoms with E-state index in [0.29, 0.717) is 15.6 Å². The van der Waals surface area contributed by atoms with Gasteiger partial charge in [-0.2, -0.15) is 28.8 Å². The first kappa shape index (κ1) is 13.1. The van der Waals surface area contributed by atoms with Crippen molar-refractivity contribution >= 4 is 46.8 Å². The molecular formula is C13H13N3S3. The Labute approximate surface area is 125 Å². The van der Waals surface area contributed by atoms with Crippen molar-refractivity contribution in [1.29, 1.82) is 5.26 Å². The maximum absolute atomic E-state index is 9.14. The minimum absolute atomic E-state index is 0.607. The van der Waals surface area contributed by atoms with Crippen LogP contribution in [0.15, 0.2) is 18.2 Å². The van der Waals surface area contributed by atoms with Crippen LogP contribution in [0.5, 0.6) is 0 Å². The minimum Gasteiger partial charge on any atom is -0.329 e. The zero-order chi connectivity index (χ0) is 13.2. The van der Waals surface area contributed by atoms with Gasteiger partial charge in [-0.05, 0) is 24.4 Å². The van der Waals surface area contributed by atoms with Crippen molar-refractivity contribution in [3.05, 3.63) is 28.5 Å². The average molecular weight is 307 g/mol. The summed E-state index contributed by atoms with van der Waals surface area (Å²) in [7, 11) is 0. The number of imidazole rings is 1. The Morgan fingerprint density at radius 1 is 1.47 bits per heavy atom. The van der Waals surface area contributed by atoms with Crippen LogP contribution in [-0.4, -0.2) is 32.1 Å². The Kier molecular flexibility index (Phi) is 3.87. The Hall–Kier alpha value is -0.900. The van der Waals surface area contributed by atoms with E-state index >= 15 is 0 Å².